The number of methoxy groups -OCH3 is 1. The number of Topliss-reactive ketones (excluding diaryl/α,β-unsaturated/α-hetero) is 2. The van der Waals surface area contributed by atoms with E-state index in [2.05, 4.69) is 45.8 Å². The van der Waals surface area contributed by atoms with Gasteiger partial charge in [-0.2, -0.15) is 9.97 Å². The number of hydrogen-bond donors (Lipinski definition) is 4. The molecule has 3 aromatic carbocycles. The van der Waals surface area contributed by atoms with Crippen molar-refractivity contribution < 1.29 is 55.4 Å². The standard InChI is InChI=1S/C24H25BrN5O6P.C19H23FN5O7P/c1-16-5-7-18(8-6-16)20(31)13-36-37(33,35-12-17-3-2-4-19(25)11-17)15-34-10-9-30-14-27-21-22(30)28-24(26)29-23(21)32;1-12(26)8-31-33(28,32-9-13-3-4-15(29-2)14(20)7-13)11-30-6-5-25-10-22-16-17(25)23-19(21)24-18(16)27/h2-8,11,14H,9-10,12-13,15H2,1H3,(H3,26,28,29,32);3-4,7,10H,5-6,8-9,11H2,1-2H3,(H3,21,23,24,27). The predicted octanol–water partition coefficient (Wildman–Crippen LogP) is 5.90. The number of ether oxygens (including phenoxy) is 3. The van der Waals surface area contributed by atoms with Crippen LogP contribution in [-0.4, -0.2) is 96.8 Å². The molecule has 372 valence electrons. The maximum Gasteiger partial charge on any atom is 0.356 e. The first kappa shape index (κ1) is 53.1. The Labute approximate surface area is 406 Å². The minimum absolute atomic E-state index is 0.00304. The Kier molecular flexibility index (Phi) is 18.6. The molecule has 27 heteroatoms. The lowest BCUT2D eigenvalue weighted by Gasteiger charge is -2.19. The number of H-pyrrole nitrogens is 2. The van der Waals surface area contributed by atoms with E-state index in [9.17, 15) is 32.7 Å². The average Bonchev–Trinajstić information content (AvgIpc) is 3.94. The van der Waals surface area contributed by atoms with Gasteiger partial charge >= 0.3 is 15.2 Å². The molecule has 0 spiro atoms. The third-order valence-corrected chi connectivity index (χ3v) is 13.2. The number of aryl methyl sites for hydroxylation is 1. The zero-order valence-electron chi connectivity index (χ0n) is 37.9. The summed E-state index contributed by atoms with van der Waals surface area (Å²) < 4.78 is 82.1. The molecule has 0 fully saturated rings. The number of nitrogens with one attached hydrogen (secondary N) is 2. The third-order valence-electron chi connectivity index (χ3n) is 9.63. The summed E-state index contributed by atoms with van der Waals surface area (Å²) in [6, 6.07) is 18.5. The van der Waals surface area contributed by atoms with Crippen LogP contribution in [0.3, 0.4) is 0 Å². The van der Waals surface area contributed by atoms with Gasteiger partial charge in [-0.05, 0) is 49.2 Å². The van der Waals surface area contributed by atoms with Crippen molar-refractivity contribution in [2.75, 3.05) is 57.7 Å². The van der Waals surface area contributed by atoms with Crippen molar-refractivity contribution in [3.05, 3.63) is 133 Å². The lowest BCUT2D eigenvalue weighted by Crippen LogP contribution is -2.14. The molecule has 0 saturated heterocycles. The predicted molar refractivity (Wildman–Crippen MR) is 257 cm³/mol. The van der Waals surface area contributed by atoms with E-state index in [1.54, 1.807) is 27.3 Å². The second-order valence-corrected chi connectivity index (χ2v) is 20.0. The maximum atomic E-state index is 13.9. The molecule has 0 aliphatic heterocycles. The smallest absolute Gasteiger partial charge is 0.356 e. The molecule has 70 heavy (non-hydrogen) atoms. The van der Waals surface area contributed by atoms with Crippen molar-refractivity contribution in [3.8, 4) is 5.75 Å². The number of benzene rings is 3. The number of halogens is 2. The Morgan fingerprint density at radius 1 is 0.743 bits per heavy atom. The number of imidazole rings is 2. The van der Waals surface area contributed by atoms with Crippen LogP contribution in [0.2, 0.25) is 0 Å². The monoisotopic (exact) mass is 1070 g/mol. The SMILES string of the molecule is COc1ccc(COP(=O)(COCCn2cnc3c(=O)[nH]c(N)nc32)OCC(C)=O)cc1F.Cc1ccc(C(=O)COP(=O)(COCCn2cnc3c(=O)[nH]c(N)nc32)OCc2cccc(Br)c2)cc1. The fourth-order valence-electron chi connectivity index (χ4n) is 6.11. The van der Waals surface area contributed by atoms with Gasteiger partial charge in [0.15, 0.2) is 45.5 Å². The van der Waals surface area contributed by atoms with Crippen LogP contribution in [0.1, 0.15) is 34.0 Å². The van der Waals surface area contributed by atoms with Gasteiger partial charge in [0.25, 0.3) is 11.1 Å². The van der Waals surface area contributed by atoms with Crippen molar-refractivity contribution in [2.45, 2.75) is 40.2 Å². The molecule has 4 aromatic heterocycles. The molecule has 0 amide bonds. The van der Waals surface area contributed by atoms with Gasteiger partial charge in [-0.15, -0.1) is 0 Å². The van der Waals surface area contributed by atoms with Crippen molar-refractivity contribution in [1.29, 1.82) is 0 Å². The van der Waals surface area contributed by atoms with E-state index in [0.29, 0.717) is 16.8 Å². The van der Waals surface area contributed by atoms with E-state index in [1.165, 1.54) is 38.8 Å². The quantitative estimate of drug-likeness (QED) is 0.0311. The summed E-state index contributed by atoms with van der Waals surface area (Å²) in [6.45, 7) is 2.66. The van der Waals surface area contributed by atoms with Crippen LogP contribution in [0.15, 0.2) is 93.4 Å². The molecule has 0 saturated carbocycles. The summed E-state index contributed by atoms with van der Waals surface area (Å²) in [6.07, 6.45) is 2.00. The number of nitrogen functional groups attached to an aromatic ring is 2. The second-order valence-electron chi connectivity index (χ2n) is 15.1. The highest BCUT2D eigenvalue weighted by molar-refractivity contribution is 9.10. The van der Waals surface area contributed by atoms with E-state index in [4.69, 9.17) is 43.8 Å². The minimum atomic E-state index is -3.86. The van der Waals surface area contributed by atoms with Crippen LogP contribution in [0.25, 0.3) is 22.3 Å². The number of ketones is 2. The van der Waals surface area contributed by atoms with Crippen LogP contribution < -0.4 is 27.3 Å². The highest BCUT2D eigenvalue weighted by atomic mass is 79.9. The van der Waals surface area contributed by atoms with E-state index >= 15 is 0 Å². The molecule has 0 radical (unpaired) electrons. The van der Waals surface area contributed by atoms with Gasteiger partial charge in [-0.3, -0.25) is 47.3 Å². The van der Waals surface area contributed by atoms with Gasteiger partial charge in [-0.1, -0.05) is 64.0 Å². The molecule has 2 atom stereocenters. The molecule has 4 heterocycles. The summed E-state index contributed by atoms with van der Waals surface area (Å²) in [5.41, 5.74) is 13.7. The Morgan fingerprint density at radius 2 is 1.27 bits per heavy atom. The topological polar surface area (TPSA) is 312 Å². The number of fused-ring (bicyclic) bond motifs is 2. The Balaban J connectivity index is 0.000000231. The van der Waals surface area contributed by atoms with E-state index in [-0.39, 0.29) is 91.8 Å². The zero-order valence-corrected chi connectivity index (χ0v) is 41.2. The molecule has 23 nitrogen and oxygen atoms in total. The minimum Gasteiger partial charge on any atom is -0.494 e. The van der Waals surface area contributed by atoms with E-state index in [0.717, 1.165) is 15.6 Å². The van der Waals surface area contributed by atoms with Gasteiger partial charge < -0.3 is 43.9 Å². The Bertz CT molecular complexity index is 3170. The largest absolute Gasteiger partial charge is 0.494 e. The summed E-state index contributed by atoms with van der Waals surface area (Å²) in [5, 5.41) is 0. The Hall–Kier alpha value is -6.27. The van der Waals surface area contributed by atoms with Gasteiger partial charge in [0, 0.05) is 23.1 Å². The summed E-state index contributed by atoms with van der Waals surface area (Å²) >= 11 is 3.39. The molecule has 2 unspecified atom stereocenters. The molecule has 7 rings (SSSR count). The first-order valence-corrected chi connectivity index (χ1v) is 25.2. The number of nitrogens with zero attached hydrogens (tertiary/aromatic N) is 6. The van der Waals surface area contributed by atoms with Crippen molar-refractivity contribution >= 4 is 76.9 Å². The summed E-state index contributed by atoms with van der Waals surface area (Å²) in [5.74, 6) is -1.31. The molecule has 7 aromatic rings. The van der Waals surface area contributed by atoms with Gasteiger partial charge in [0.2, 0.25) is 11.9 Å². The lowest BCUT2D eigenvalue weighted by molar-refractivity contribution is -0.119. The first-order valence-electron chi connectivity index (χ1n) is 20.9. The molecular formula is C43H48BrFN10O13P2. The van der Waals surface area contributed by atoms with Crippen LogP contribution in [-0.2, 0) is 67.8 Å². The van der Waals surface area contributed by atoms with E-state index < -0.39 is 51.7 Å². The molecule has 0 aliphatic rings. The normalized spacial score (nSPS) is 13.1. The highest BCUT2D eigenvalue weighted by Gasteiger charge is 2.28. The van der Waals surface area contributed by atoms with Crippen LogP contribution in [0, 0.1) is 12.7 Å². The number of aromatic nitrogens is 8. The van der Waals surface area contributed by atoms with Crippen molar-refractivity contribution in [1.82, 2.24) is 39.0 Å². The van der Waals surface area contributed by atoms with Gasteiger partial charge in [0.05, 0.1) is 46.2 Å². The number of hydrogen-bond acceptors (Lipinski definition) is 19. The maximum absolute atomic E-state index is 13.9. The summed E-state index contributed by atoms with van der Waals surface area (Å²) in [7, 11) is -6.34. The first-order chi connectivity index (χ1) is 33.4. The Morgan fingerprint density at radius 3 is 1.77 bits per heavy atom. The zero-order chi connectivity index (χ0) is 50.4. The third kappa shape index (κ3) is 15.1. The number of aromatic amines is 2. The fraction of sp³-hybridized carbons (Fsp3) is 0.302. The molecule has 6 N–H and O–H groups in total. The van der Waals surface area contributed by atoms with Crippen LogP contribution in [0.4, 0.5) is 16.3 Å². The number of anilines is 2. The molecule has 0 bridgehead atoms. The van der Waals surface area contributed by atoms with Crippen LogP contribution >= 0.6 is 31.1 Å². The lowest BCUT2D eigenvalue weighted by atomic mass is 10.1. The summed E-state index contributed by atoms with van der Waals surface area (Å²) in [4.78, 5) is 68.5. The molecular weight excluding hydrogens is 1030 g/mol. The van der Waals surface area contributed by atoms with Crippen LogP contribution in [0.5, 0.6) is 5.75 Å². The van der Waals surface area contributed by atoms with E-state index in [1.807, 2.05) is 43.3 Å². The van der Waals surface area contributed by atoms with Crippen molar-refractivity contribution in [2.24, 2.45) is 0 Å². The number of carbonyl (C=O) groups is 2. The highest BCUT2D eigenvalue weighted by Crippen LogP contribution is 2.50. The number of carbonyl (C=O) groups excluding carboxylic acids is 2. The number of nitrogens with two attached hydrogens (primary N) is 2. The van der Waals surface area contributed by atoms with Crippen molar-refractivity contribution in [3.63, 3.8) is 0 Å². The average molecular weight is 1070 g/mol. The number of rotatable bonds is 24. The van der Waals surface area contributed by atoms with Gasteiger partial charge in [-0.25, -0.2) is 14.4 Å². The molecule has 0 aliphatic carbocycles. The van der Waals surface area contributed by atoms with Gasteiger partial charge in [0.1, 0.15) is 25.9 Å². The second kappa shape index (κ2) is 24.5. The fourth-order valence-corrected chi connectivity index (χ4v) is 9.10.